The highest BCUT2D eigenvalue weighted by Gasteiger charge is 2.23. The topological polar surface area (TPSA) is 52.7 Å². The maximum atomic E-state index is 12.9. The Kier molecular flexibility index (Phi) is 6.97. The molecule has 2 amide bonds. The number of nitrogens with one attached hydrogen (secondary N) is 1. The van der Waals surface area contributed by atoms with Crippen LogP contribution >= 0.6 is 0 Å². The summed E-state index contributed by atoms with van der Waals surface area (Å²) in [6.07, 6.45) is 0.490. The van der Waals surface area contributed by atoms with Crippen LogP contribution in [-0.4, -0.2) is 42.9 Å². The van der Waals surface area contributed by atoms with Crippen molar-refractivity contribution in [2.45, 2.75) is 53.4 Å². The molecule has 5 heteroatoms. The fraction of sp³-hybridized carbons (Fsp3) is 0.481. The molecule has 1 aliphatic rings. The summed E-state index contributed by atoms with van der Waals surface area (Å²) < 4.78 is 0. The van der Waals surface area contributed by atoms with E-state index < -0.39 is 0 Å². The van der Waals surface area contributed by atoms with E-state index in [2.05, 4.69) is 63.9 Å². The lowest BCUT2D eigenvalue weighted by Gasteiger charge is -2.36. The van der Waals surface area contributed by atoms with Gasteiger partial charge in [-0.25, -0.2) is 0 Å². The molecule has 0 bridgehead atoms. The summed E-state index contributed by atoms with van der Waals surface area (Å²) in [5.74, 6) is 0.134. The number of carbonyl (C=O) groups is 2. The van der Waals surface area contributed by atoms with Crippen molar-refractivity contribution in [1.82, 2.24) is 4.90 Å². The van der Waals surface area contributed by atoms with Crippen molar-refractivity contribution in [2.75, 3.05) is 36.4 Å². The van der Waals surface area contributed by atoms with Crippen molar-refractivity contribution in [3.63, 3.8) is 0 Å². The van der Waals surface area contributed by atoms with E-state index in [1.807, 2.05) is 41.3 Å². The molecule has 1 saturated heterocycles. The zero-order valence-corrected chi connectivity index (χ0v) is 20.4. The second-order valence-electron chi connectivity index (χ2n) is 10.9. The summed E-state index contributed by atoms with van der Waals surface area (Å²) in [5.41, 5.74) is 3.96. The summed E-state index contributed by atoms with van der Waals surface area (Å²) in [7, 11) is 0. The first-order valence-corrected chi connectivity index (χ1v) is 11.5. The van der Waals surface area contributed by atoms with E-state index >= 15 is 0 Å². The summed E-state index contributed by atoms with van der Waals surface area (Å²) in [5, 5.41) is 2.97. The molecule has 0 spiro atoms. The Morgan fingerprint density at radius 1 is 0.812 bits per heavy atom. The minimum Gasteiger partial charge on any atom is -0.368 e. The normalized spacial score (nSPS) is 14.9. The van der Waals surface area contributed by atoms with Gasteiger partial charge in [0.15, 0.2) is 0 Å². The molecule has 5 nitrogen and oxygen atoms in total. The quantitative estimate of drug-likeness (QED) is 0.707. The first-order chi connectivity index (χ1) is 14.9. The van der Waals surface area contributed by atoms with E-state index in [0.29, 0.717) is 19.5 Å². The van der Waals surface area contributed by atoms with Crippen LogP contribution in [0.2, 0.25) is 0 Å². The average molecular weight is 436 g/mol. The molecule has 0 radical (unpaired) electrons. The van der Waals surface area contributed by atoms with Crippen LogP contribution in [-0.2, 0) is 10.2 Å². The predicted molar refractivity (Wildman–Crippen MR) is 132 cm³/mol. The predicted octanol–water partition coefficient (Wildman–Crippen LogP) is 5.32. The standard InChI is InChI=1S/C27H37N3O2/c1-26(2,3)19-24(31)28-22-11-13-23(14-12-22)29-15-17-30(18-16-29)25(32)20-7-9-21(10-8-20)27(4,5)6/h7-14H,15-19H2,1-6H3,(H,28,31). The van der Waals surface area contributed by atoms with E-state index in [0.717, 1.165) is 30.0 Å². The van der Waals surface area contributed by atoms with Gasteiger partial charge in [-0.2, -0.15) is 0 Å². The zero-order valence-electron chi connectivity index (χ0n) is 20.4. The third-order valence-electron chi connectivity index (χ3n) is 5.77. The SMILES string of the molecule is CC(C)(C)CC(=O)Nc1ccc(N2CCN(C(=O)c3ccc(C(C)(C)C)cc3)CC2)cc1. The first kappa shape index (κ1) is 23.8. The lowest BCUT2D eigenvalue weighted by atomic mass is 9.86. The highest BCUT2D eigenvalue weighted by atomic mass is 16.2. The smallest absolute Gasteiger partial charge is 0.253 e. The maximum absolute atomic E-state index is 12.9. The molecule has 0 saturated carbocycles. The Morgan fingerprint density at radius 2 is 1.38 bits per heavy atom. The van der Waals surface area contributed by atoms with Gasteiger partial charge in [-0.1, -0.05) is 53.7 Å². The summed E-state index contributed by atoms with van der Waals surface area (Å²) in [6, 6.07) is 16.0. The van der Waals surface area contributed by atoms with Gasteiger partial charge in [0.1, 0.15) is 0 Å². The van der Waals surface area contributed by atoms with E-state index in [4.69, 9.17) is 0 Å². The Morgan fingerprint density at radius 3 is 1.88 bits per heavy atom. The highest BCUT2D eigenvalue weighted by molar-refractivity contribution is 5.94. The molecule has 1 heterocycles. The van der Waals surface area contributed by atoms with Crippen molar-refractivity contribution in [1.29, 1.82) is 0 Å². The number of anilines is 2. The maximum Gasteiger partial charge on any atom is 0.253 e. The molecule has 2 aromatic carbocycles. The minimum absolute atomic E-state index is 0.0320. The monoisotopic (exact) mass is 435 g/mol. The summed E-state index contributed by atoms with van der Waals surface area (Å²) in [6.45, 7) is 15.7. The van der Waals surface area contributed by atoms with Crippen LogP contribution in [0, 0.1) is 5.41 Å². The molecule has 0 unspecified atom stereocenters. The molecular weight excluding hydrogens is 398 g/mol. The third-order valence-corrected chi connectivity index (χ3v) is 5.77. The van der Waals surface area contributed by atoms with Crippen molar-refractivity contribution < 1.29 is 9.59 Å². The minimum atomic E-state index is -0.0320. The summed E-state index contributed by atoms with van der Waals surface area (Å²) in [4.78, 5) is 29.3. The second kappa shape index (κ2) is 9.35. The van der Waals surface area contributed by atoms with E-state index in [9.17, 15) is 9.59 Å². The van der Waals surface area contributed by atoms with Crippen molar-refractivity contribution in [3.05, 3.63) is 59.7 Å². The Bertz CT molecular complexity index is 927. The van der Waals surface area contributed by atoms with E-state index in [1.54, 1.807) is 0 Å². The van der Waals surface area contributed by atoms with Gasteiger partial charge < -0.3 is 15.1 Å². The van der Waals surface area contributed by atoms with Crippen LogP contribution in [0.4, 0.5) is 11.4 Å². The summed E-state index contributed by atoms with van der Waals surface area (Å²) >= 11 is 0. The number of rotatable bonds is 4. The Balaban J connectivity index is 1.54. The lowest BCUT2D eigenvalue weighted by Crippen LogP contribution is -2.48. The van der Waals surface area contributed by atoms with Crippen LogP contribution in [0.1, 0.15) is 63.9 Å². The van der Waals surface area contributed by atoms with Gasteiger partial charge in [0.25, 0.3) is 5.91 Å². The molecule has 2 aromatic rings. The molecule has 1 N–H and O–H groups in total. The Labute approximate surface area is 192 Å². The largest absolute Gasteiger partial charge is 0.368 e. The van der Waals surface area contributed by atoms with Gasteiger partial charge in [0, 0.05) is 49.5 Å². The highest BCUT2D eigenvalue weighted by Crippen LogP contribution is 2.24. The van der Waals surface area contributed by atoms with Gasteiger partial charge in [-0.05, 0) is 52.8 Å². The van der Waals surface area contributed by atoms with Gasteiger partial charge in [-0.15, -0.1) is 0 Å². The van der Waals surface area contributed by atoms with Crippen molar-refractivity contribution in [2.24, 2.45) is 5.41 Å². The molecule has 1 fully saturated rings. The number of amides is 2. The van der Waals surface area contributed by atoms with Gasteiger partial charge in [0.2, 0.25) is 5.91 Å². The van der Waals surface area contributed by atoms with E-state index in [1.165, 1.54) is 5.56 Å². The molecule has 0 aromatic heterocycles. The van der Waals surface area contributed by atoms with Crippen LogP contribution in [0.3, 0.4) is 0 Å². The molecule has 1 aliphatic heterocycles. The zero-order chi connectivity index (χ0) is 23.5. The molecule has 0 atom stereocenters. The number of hydrogen-bond acceptors (Lipinski definition) is 3. The molecule has 172 valence electrons. The third kappa shape index (κ3) is 6.35. The van der Waals surface area contributed by atoms with E-state index in [-0.39, 0.29) is 22.6 Å². The van der Waals surface area contributed by atoms with Crippen LogP contribution < -0.4 is 10.2 Å². The fourth-order valence-electron chi connectivity index (χ4n) is 3.91. The number of benzene rings is 2. The van der Waals surface area contributed by atoms with Crippen molar-refractivity contribution >= 4 is 23.2 Å². The second-order valence-corrected chi connectivity index (χ2v) is 10.9. The average Bonchev–Trinajstić information content (AvgIpc) is 2.72. The molecule has 32 heavy (non-hydrogen) atoms. The number of nitrogens with zero attached hydrogens (tertiary/aromatic N) is 2. The number of piperazine rings is 1. The fourth-order valence-corrected chi connectivity index (χ4v) is 3.91. The van der Waals surface area contributed by atoms with Crippen LogP contribution in [0.5, 0.6) is 0 Å². The van der Waals surface area contributed by atoms with Crippen LogP contribution in [0.15, 0.2) is 48.5 Å². The van der Waals surface area contributed by atoms with Gasteiger partial charge >= 0.3 is 0 Å². The van der Waals surface area contributed by atoms with Gasteiger partial charge in [0.05, 0.1) is 0 Å². The van der Waals surface area contributed by atoms with Crippen LogP contribution in [0.25, 0.3) is 0 Å². The van der Waals surface area contributed by atoms with Crippen molar-refractivity contribution in [3.8, 4) is 0 Å². The molecular formula is C27H37N3O2. The first-order valence-electron chi connectivity index (χ1n) is 11.5. The lowest BCUT2D eigenvalue weighted by molar-refractivity contribution is -0.117. The molecule has 3 rings (SSSR count). The number of carbonyl (C=O) groups excluding carboxylic acids is 2. The Hall–Kier alpha value is -2.82. The van der Waals surface area contributed by atoms with Gasteiger partial charge in [-0.3, -0.25) is 9.59 Å². The number of hydrogen-bond donors (Lipinski definition) is 1. The molecule has 0 aliphatic carbocycles.